The molecule has 0 saturated carbocycles. The van der Waals surface area contributed by atoms with Gasteiger partial charge in [-0.25, -0.2) is 4.79 Å². The second kappa shape index (κ2) is 6.96. The Hall–Kier alpha value is -1.49. The molecule has 0 aliphatic carbocycles. The van der Waals surface area contributed by atoms with Gasteiger partial charge in [-0.1, -0.05) is 30.3 Å². The number of carbonyl (C=O) groups is 2. The van der Waals surface area contributed by atoms with E-state index in [9.17, 15) is 9.59 Å². The molecular weight excluding hydrogens is 238 g/mol. The molecule has 1 rings (SSSR count). The second-order valence-corrected chi connectivity index (χ2v) is 4.94. The van der Waals surface area contributed by atoms with Crippen LogP contribution >= 0.6 is 11.8 Å². The molecule has 0 fully saturated rings. The Labute approximate surface area is 104 Å². The molecular formula is C12H15NO3S. The lowest BCUT2D eigenvalue weighted by Gasteiger charge is -2.15. The smallest absolute Gasteiger partial charge is 0.327 e. The first-order valence-corrected chi connectivity index (χ1v) is 6.29. The molecule has 0 spiro atoms. The van der Waals surface area contributed by atoms with Gasteiger partial charge in [-0.15, -0.1) is 0 Å². The zero-order valence-electron chi connectivity index (χ0n) is 9.50. The molecule has 1 aromatic carbocycles. The van der Waals surface area contributed by atoms with E-state index in [4.69, 9.17) is 5.11 Å². The summed E-state index contributed by atoms with van der Waals surface area (Å²) in [6.07, 6.45) is 0.423. The minimum atomic E-state index is -1.01. The van der Waals surface area contributed by atoms with E-state index >= 15 is 0 Å². The molecule has 0 aliphatic heterocycles. The fourth-order valence-electron chi connectivity index (χ4n) is 1.33. The van der Waals surface area contributed by atoms with Crippen molar-refractivity contribution < 1.29 is 14.7 Å². The number of aliphatic carboxylic acids is 1. The van der Waals surface area contributed by atoms with Gasteiger partial charge in [0.1, 0.15) is 6.04 Å². The van der Waals surface area contributed by atoms with E-state index in [1.165, 1.54) is 11.8 Å². The molecule has 5 heteroatoms. The number of carbonyl (C=O) groups excluding carboxylic acids is 1. The molecule has 1 aromatic rings. The van der Waals surface area contributed by atoms with Crippen molar-refractivity contribution in [3.05, 3.63) is 35.9 Å². The first kappa shape index (κ1) is 13.6. The quantitative estimate of drug-likeness (QED) is 0.726. The van der Waals surface area contributed by atoms with Crippen LogP contribution in [-0.4, -0.2) is 29.3 Å². The Balaban J connectivity index is 2.49. The maximum absolute atomic E-state index is 10.8. The minimum Gasteiger partial charge on any atom is -0.480 e. The van der Waals surface area contributed by atoms with E-state index in [0.717, 1.165) is 5.56 Å². The zero-order chi connectivity index (χ0) is 12.7. The SMILES string of the molecule is CC(SCC(NC=O)C(=O)O)c1ccccc1. The van der Waals surface area contributed by atoms with Crippen LogP contribution in [-0.2, 0) is 9.59 Å². The first-order chi connectivity index (χ1) is 8.15. The summed E-state index contributed by atoms with van der Waals surface area (Å²) < 4.78 is 0. The van der Waals surface area contributed by atoms with Crippen molar-refractivity contribution in [2.45, 2.75) is 18.2 Å². The lowest BCUT2D eigenvalue weighted by molar-refractivity contribution is -0.139. The third kappa shape index (κ3) is 4.48. The molecule has 2 unspecified atom stereocenters. The molecule has 0 bridgehead atoms. The molecule has 0 aliphatic rings. The van der Waals surface area contributed by atoms with E-state index in [0.29, 0.717) is 12.2 Å². The second-order valence-electron chi connectivity index (χ2n) is 3.56. The average Bonchev–Trinajstić information content (AvgIpc) is 2.34. The van der Waals surface area contributed by atoms with E-state index in [1.54, 1.807) is 0 Å². The third-order valence-corrected chi connectivity index (χ3v) is 3.65. The van der Waals surface area contributed by atoms with Crippen molar-refractivity contribution in [3.8, 4) is 0 Å². The number of rotatable bonds is 7. The Bertz CT molecular complexity index is 369. The number of nitrogens with one attached hydrogen (secondary N) is 1. The first-order valence-electron chi connectivity index (χ1n) is 5.24. The van der Waals surface area contributed by atoms with Crippen molar-refractivity contribution in [3.63, 3.8) is 0 Å². The van der Waals surface area contributed by atoms with Crippen molar-refractivity contribution in [2.75, 3.05) is 5.75 Å². The number of amides is 1. The van der Waals surface area contributed by atoms with Crippen molar-refractivity contribution >= 4 is 24.1 Å². The standard InChI is InChI=1S/C12H15NO3S/c1-9(10-5-3-2-4-6-10)17-7-11(12(15)16)13-8-14/h2-6,8-9,11H,7H2,1H3,(H,13,14)(H,15,16). The summed E-state index contributed by atoms with van der Waals surface area (Å²) in [5.74, 6) is -0.658. The highest BCUT2D eigenvalue weighted by molar-refractivity contribution is 7.99. The Morgan fingerprint density at radius 1 is 1.47 bits per heavy atom. The van der Waals surface area contributed by atoms with Gasteiger partial charge in [0.2, 0.25) is 6.41 Å². The van der Waals surface area contributed by atoms with Crippen LogP contribution in [0.3, 0.4) is 0 Å². The number of benzene rings is 1. The third-order valence-electron chi connectivity index (χ3n) is 2.35. The van der Waals surface area contributed by atoms with Crippen molar-refractivity contribution in [1.82, 2.24) is 5.32 Å². The number of thioether (sulfide) groups is 1. The fraction of sp³-hybridized carbons (Fsp3) is 0.333. The molecule has 2 N–H and O–H groups in total. The molecule has 4 nitrogen and oxygen atoms in total. The topological polar surface area (TPSA) is 66.4 Å². The molecule has 0 aromatic heterocycles. The summed E-state index contributed by atoms with van der Waals surface area (Å²) in [7, 11) is 0. The molecule has 0 saturated heterocycles. The highest BCUT2D eigenvalue weighted by Crippen LogP contribution is 2.28. The van der Waals surface area contributed by atoms with Crippen LogP contribution in [0.25, 0.3) is 0 Å². The van der Waals surface area contributed by atoms with Gasteiger partial charge < -0.3 is 10.4 Å². The maximum Gasteiger partial charge on any atom is 0.327 e. The van der Waals surface area contributed by atoms with Gasteiger partial charge in [-0.3, -0.25) is 4.79 Å². The number of carboxylic acid groups (broad SMARTS) is 1. The maximum atomic E-state index is 10.8. The normalized spacial score (nSPS) is 13.7. The summed E-state index contributed by atoms with van der Waals surface area (Å²) in [6.45, 7) is 2.01. The summed E-state index contributed by atoms with van der Waals surface area (Å²) in [5.41, 5.74) is 1.15. The molecule has 0 heterocycles. The predicted octanol–water partition coefficient (Wildman–Crippen LogP) is 1.68. The van der Waals surface area contributed by atoms with Crippen LogP contribution in [0.5, 0.6) is 0 Å². The van der Waals surface area contributed by atoms with Crippen LogP contribution in [0.2, 0.25) is 0 Å². The summed E-state index contributed by atoms with van der Waals surface area (Å²) in [5, 5.41) is 11.3. The van der Waals surface area contributed by atoms with Gasteiger partial charge in [-0.05, 0) is 12.5 Å². The van der Waals surface area contributed by atoms with Gasteiger partial charge in [0, 0.05) is 11.0 Å². The zero-order valence-corrected chi connectivity index (χ0v) is 10.3. The van der Waals surface area contributed by atoms with Crippen molar-refractivity contribution in [1.29, 1.82) is 0 Å². The summed E-state index contributed by atoms with van der Waals surface area (Å²) in [6, 6.07) is 9.01. The van der Waals surface area contributed by atoms with Gasteiger partial charge >= 0.3 is 5.97 Å². The molecule has 0 radical (unpaired) electrons. The fourth-order valence-corrected chi connectivity index (χ4v) is 2.40. The van der Waals surface area contributed by atoms with E-state index in [1.807, 2.05) is 37.3 Å². The van der Waals surface area contributed by atoms with Crippen LogP contribution in [0.4, 0.5) is 0 Å². The van der Waals surface area contributed by atoms with Gasteiger partial charge in [-0.2, -0.15) is 11.8 Å². The van der Waals surface area contributed by atoms with Gasteiger partial charge in [0.05, 0.1) is 0 Å². The van der Waals surface area contributed by atoms with Crippen LogP contribution in [0, 0.1) is 0 Å². The van der Waals surface area contributed by atoms with Crippen LogP contribution in [0.15, 0.2) is 30.3 Å². The lowest BCUT2D eigenvalue weighted by Crippen LogP contribution is -2.37. The lowest BCUT2D eigenvalue weighted by atomic mass is 10.2. The van der Waals surface area contributed by atoms with E-state index in [2.05, 4.69) is 5.32 Å². The monoisotopic (exact) mass is 253 g/mol. The highest BCUT2D eigenvalue weighted by Gasteiger charge is 2.17. The highest BCUT2D eigenvalue weighted by atomic mass is 32.2. The Kier molecular flexibility index (Phi) is 5.56. The molecule has 1 amide bonds. The summed E-state index contributed by atoms with van der Waals surface area (Å²) in [4.78, 5) is 21.1. The average molecular weight is 253 g/mol. The Morgan fingerprint density at radius 2 is 2.12 bits per heavy atom. The van der Waals surface area contributed by atoms with E-state index < -0.39 is 12.0 Å². The van der Waals surface area contributed by atoms with Crippen molar-refractivity contribution in [2.24, 2.45) is 0 Å². The predicted molar refractivity (Wildman–Crippen MR) is 67.9 cm³/mol. The number of carboxylic acids is 1. The molecule has 92 valence electrons. The minimum absolute atomic E-state index is 0.200. The van der Waals surface area contributed by atoms with Crippen LogP contribution < -0.4 is 5.32 Å². The van der Waals surface area contributed by atoms with Gasteiger partial charge in [0.15, 0.2) is 0 Å². The number of hydrogen-bond acceptors (Lipinski definition) is 3. The Morgan fingerprint density at radius 3 is 2.65 bits per heavy atom. The number of hydrogen-bond donors (Lipinski definition) is 2. The van der Waals surface area contributed by atoms with Gasteiger partial charge in [0.25, 0.3) is 0 Å². The molecule has 2 atom stereocenters. The molecule has 17 heavy (non-hydrogen) atoms. The largest absolute Gasteiger partial charge is 0.480 e. The van der Waals surface area contributed by atoms with Crippen LogP contribution in [0.1, 0.15) is 17.7 Å². The van der Waals surface area contributed by atoms with E-state index in [-0.39, 0.29) is 5.25 Å². The summed E-state index contributed by atoms with van der Waals surface area (Å²) >= 11 is 1.50.